The van der Waals surface area contributed by atoms with Crippen molar-refractivity contribution in [1.29, 1.82) is 0 Å². The normalized spacial score (nSPS) is 25.6. The summed E-state index contributed by atoms with van der Waals surface area (Å²) in [4.78, 5) is 32.5. The number of aryl methyl sites for hydroxylation is 1. The van der Waals surface area contributed by atoms with Crippen molar-refractivity contribution in [1.82, 2.24) is 30.3 Å². The molecule has 3 rings (SSSR count). The van der Waals surface area contributed by atoms with Crippen molar-refractivity contribution >= 4 is 23.4 Å². The highest BCUT2D eigenvalue weighted by molar-refractivity contribution is 6.28. The highest BCUT2D eigenvalue weighted by atomic mass is 35.5. The molecule has 1 aromatic rings. The summed E-state index contributed by atoms with van der Waals surface area (Å²) < 4.78 is 0. The van der Waals surface area contributed by atoms with Crippen LogP contribution in [0.15, 0.2) is 0 Å². The zero-order valence-corrected chi connectivity index (χ0v) is 14.6. The molecule has 0 bridgehead atoms. The van der Waals surface area contributed by atoms with Gasteiger partial charge in [-0.1, -0.05) is 0 Å². The third-order valence-electron chi connectivity index (χ3n) is 5.16. The maximum absolute atomic E-state index is 12.6. The summed E-state index contributed by atoms with van der Waals surface area (Å²) in [5, 5.41) is 9.59. The quantitative estimate of drug-likeness (QED) is 0.809. The molecule has 2 aliphatic heterocycles. The topological polar surface area (TPSA) is 94.2 Å². The Morgan fingerprint density at radius 2 is 2.21 bits per heavy atom. The van der Waals surface area contributed by atoms with Crippen molar-refractivity contribution in [3.63, 3.8) is 0 Å². The van der Waals surface area contributed by atoms with Gasteiger partial charge in [-0.2, -0.15) is 0 Å². The number of nitrogens with zero attached hydrogens (tertiary/aromatic N) is 4. The number of likely N-dealkylation sites (N-methyl/N-ethyl adjacent to an activating group) is 1. The Kier molecular flexibility index (Phi) is 5.05. The molecule has 0 unspecified atom stereocenters. The van der Waals surface area contributed by atoms with E-state index in [1.165, 1.54) is 0 Å². The second-order valence-electron chi connectivity index (χ2n) is 6.61. The number of hydrogen-bond acceptors (Lipinski definition) is 5. The summed E-state index contributed by atoms with van der Waals surface area (Å²) >= 11 is 5.68. The van der Waals surface area contributed by atoms with Crippen LogP contribution in [0, 0.1) is 0 Å². The Bertz CT molecular complexity index is 621. The molecule has 1 atom stereocenters. The largest absolute Gasteiger partial charge is 0.356 e. The van der Waals surface area contributed by atoms with Crippen LogP contribution in [0.5, 0.6) is 0 Å². The summed E-state index contributed by atoms with van der Waals surface area (Å²) in [6.45, 7) is 2.89. The Morgan fingerprint density at radius 1 is 1.38 bits per heavy atom. The predicted octanol–water partition coefficient (Wildman–Crippen LogP) is 0.204. The minimum atomic E-state index is -0.109. The van der Waals surface area contributed by atoms with Crippen LogP contribution in [0.3, 0.4) is 0 Å². The number of aromatic amines is 1. The van der Waals surface area contributed by atoms with Crippen molar-refractivity contribution in [2.45, 2.75) is 37.6 Å². The lowest BCUT2D eigenvalue weighted by atomic mass is 9.86. The highest BCUT2D eigenvalue weighted by Gasteiger charge is 2.41. The van der Waals surface area contributed by atoms with E-state index in [1.54, 1.807) is 0 Å². The summed E-state index contributed by atoms with van der Waals surface area (Å²) in [5.41, 5.74) is -0.109. The predicted molar refractivity (Wildman–Crippen MR) is 88.5 cm³/mol. The zero-order valence-electron chi connectivity index (χ0n) is 13.8. The molecule has 1 aromatic heterocycles. The molecule has 2 saturated heterocycles. The first kappa shape index (κ1) is 17.2. The molecule has 0 saturated carbocycles. The van der Waals surface area contributed by atoms with Gasteiger partial charge in [0.15, 0.2) is 0 Å². The summed E-state index contributed by atoms with van der Waals surface area (Å²) in [6, 6.07) is 0. The first-order chi connectivity index (χ1) is 11.5. The number of halogens is 1. The molecule has 0 aliphatic carbocycles. The Balaban J connectivity index is 1.61. The number of aromatic nitrogens is 3. The molecule has 8 nitrogen and oxygen atoms in total. The molecule has 2 N–H and O–H groups in total. The second kappa shape index (κ2) is 7.06. The fourth-order valence-corrected chi connectivity index (χ4v) is 3.72. The van der Waals surface area contributed by atoms with Crippen molar-refractivity contribution in [3.8, 4) is 0 Å². The van der Waals surface area contributed by atoms with Crippen LogP contribution in [0.2, 0.25) is 5.28 Å². The average Bonchev–Trinajstić information content (AvgIpc) is 2.89. The molecule has 3 heterocycles. The van der Waals surface area contributed by atoms with E-state index in [9.17, 15) is 9.59 Å². The summed E-state index contributed by atoms with van der Waals surface area (Å²) in [5.74, 6) is 0.839. The smallest absolute Gasteiger partial charge is 0.242 e. The minimum absolute atomic E-state index is 0.103. The van der Waals surface area contributed by atoms with E-state index >= 15 is 0 Å². The lowest BCUT2D eigenvalue weighted by molar-refractivity contribution is -0.136. The first-order valence-electron chi connectivity index (χ1n) is 8.31. The SMILES string of the molecule is CN1CCN(C(=O)CCc2nc(Cl)n[nH]2)C[C@@]12CCNC(=O)CC2. The third-order valence-corrected chi connectivity index (χ3v) is 5.33. The van der Waals surface area contributed by atoms with Gasteiger partial charge in [-0.3, -0.25) is 19.6 Å². The van der Waals surface area contributed by atoms with Crippen LogP contribution in [0.4, 0.5) is 0 Å². The monoisotopic (exact) mass is 354 g/mol. The maximum Gasteiger partial charge on any atom is 0.242 e. The van der Waals surface area contributed by atoms with Crippen LogP contribution in [0.25, 0.3) is 0 Å². The Hall–Kier alpha value is -1.67. The molecule has 2 aliphatic rings. The molecule has 132 valence electrons. The molecular weight excluding hydrogens is 332 g/mol. The van der Waals surface area contributed by atoms with E-state index in [0.717, 1.165) is 25.9 Å². The number of amides is 2. The van der Waals surface area contributed by atoms with Gasteiger partial charge >= 0.3 is 0 Å². The van der Waals surface area contributed by atoms with Gasteiger partial charge < -0.3 is 10.2 Å². The van der Waals surface area contributed by atoms with Gasteiger partial charge in [-0.15, -0.1) is 5.10 Å². The van der Waals surface area contributed by atoms with E-state index in [1.807, 2.05) is 4.90 Å². The van der Waals surface area contributed by atoms with Crippen molar-refractivity contribution in [2.24, 2.45) is 0 Å². The van der Waals surface area contributed by atoms with Crippen LogP contribution >= 0.6 is 11.6 Å². The molecule has 9 heteroatoms. The first-order valence-corrected chi connectivity index (χ1v) is 8.69. The molecule has 2 amide bonds. The van der Waals surface area contributed by atoms with Crippen molar-refractivity contribution in [3.05, 3.63) is 11.1 Å². The minimum Gasteiger partial charge on any atom is -0.356 e. The van der Waals surface area contributed by atoms with E-state index in [-0.39, 0.29) is 22.6 Å². The van der Waals surface area contributed by atoms with Crippen LogP contribution in [-0.4, -0.2) is 75.6 Å². The zero-order chi connectivity index (χ0) is 17.2. The van der Waals surface area contributed by atoms with E-state index in [2.05, 4.69) is 32.4 Å². The summed E-state index contributed by atoms with van der Waals surface area (Å²) in [7, 11) is 2.09. The summed E-state index contributed by atoms with van der Waals surface area (Å²) in [6.07, 6.45) is 3.05. The molecule has 0 aromatic carbocycles. The van der Waals surface area contributed by atoms with Gasteiger partial charge in [0.2, 0.25) is 17.1 Å². The van der Waals surface area contributed by atoms with Crippen molar-refractivity contribution in [2.75, 3.05) is 33.2 Å². The van der Waals surface area contributed by atoms with Gasteiger partial charge in [0.25, 0.3) is 0 Å². The molecule has 2 fully saturated rings. The van der Waals surface area contributed by atoms with E-state index < -0.39 is 0 Å². The van der Waals surface area contributed by atoms with E-state index in [4.69, 9.17) is 11.6 Å². The van der Waals surface area contributed by atoms with Gasteiger partial charge in [0, 0.05) is 51.0 Å². The number of H-pyrrole nitrogens is 1. The fourth-order valence-electron chi connectivity index (χ4n) is 3.58. The molecular formula is C15H23ClN6O2. The lowest BCUT2D eigenvalue weighted by Gasteiger charge is -2.49. The van der Waals surface area contributed by atoms with Crippen LogP contribution in [-0.2, 0) is 16.0 Å². The van der Waals surface area contributed by atoms with Gasteiger partial charge in [0.1, 0.15) is 5.82 Å². The molecule has 0 radical (unpaired) electrons. The van der Waals surface area contributed by atoms with Gasteiger partial charge in [-0.05, 0) is 31.5 Å². The number of nitrogens with one attached hydrogen (secondary N) is 2. The lowest BCUT2D eigenvalue weighted by Crippen LogP contribution is -2.62. The Labute approximate surface area is 145 Å². The number of piperazine rings is 1. The Morgan fingerprint density at radius 3 is 2.96 bits per heavy atom. The number of rotatable bonds is 3. The van der Waals surface area contributed by atoms with Gasteiger partial charge in [0.05, 0.1) is 0 Å². The average molecular weight is 355 g/mol. The number of hydrogen-bond donors (Lipinski definition) is 2. The number of carbonyl (C=O) groups is 2. The van der Waals surface area contributed by atoms with Crippen LogP contribution < -0.4 is 5.32 Å². The highest BCUT2D eigenvalue weighted by Crippen LogP contribution is 2.30. The third kappa shape index (κ3) is 3.70. The van der Waals surface area contributed by atoms with Crippen LogP contribution in [0.1, 0.15) is 31.5 Å². The second-order valence-corrected chi connectivity index (χ2v) is 6.95. The molecule has 1 spiro atoms. The van der Waals surface area contributed by atoms with E-state index in [0.29, 0.717) is 38.2 Å². The van der Waals surface area contributed by atoms with Gasteiger partial charge in [-0.25, -0.2) is 4.98 Å². The number of carbonyl (C=O) groups excluding carboxylic acids is 2. The van der Waals surface area contributed by atoms with Crippen molar-refractivity contribution < 1.29 is 9.59 Å². The standard InChI is InChI=1S/C15H23ClN6O2/c1-21-8-9-22(10-15(21)5-4-12(23)17-7-6-15)13(24)3-2-11-18-14(16)20-19-11/h2-10H2,1H3,(H,17,23)(H,18,19,20)/t15-/m1/s1. The molecule has 24 heavy (non-hydrogen) atoms. The fraction of sp³-hybridized carbons (Fsp3) is 0.733. The maximum atomic E-state index is 12.6.